The summed E-state index contributed by atoms with van der Waals surface area (Å²) in [6.07, 6.45) is 0.669. The minimum absolute atomic E-state index is 0.0177. The smallest absolute Gasteiger partial charge is 0.239 e. The maximum absolute atomic E-state index is 12.6. The average molecular weight is 486 g/mol. The molecule has 2 aromatic carbocycles. The molecule has 10 heteroatoms. The molecule has 0 aliphatic heterocycles. The number of Topliss-reactive ketones (excluding diaryl/α,β-unsaturated/α-hetero) is 1. The second-order valence-corrected chi connectivity index (χ2v) is 9.74. The molecule has 0 saturated carbocycles. The standard InChI is InChI=1S/C22H23N5O2S3/c1-4-19(20(29)25-22-27-26-14(3)31-22)32-18-7-5-6-17(12-18)24-21(30)23-16-10-8-15(9-11-16)13(2)28/h5-12,19H,4H2,1-3H3,(H2,23,24,30)(H,25,27,29). The summed E-state index contributed by atoms with van der Waals surface area (Å²) < 4.78 is 0. The third-order valence-corrected chi connectivity index (χ3v) is 6.66. The number of benzene rings is 2. The van der Waals surface area contributed by atoms with Gasteiger partial charge in [-0.3, -0.25) is 14.9 Å². The van der Waals surface area contributed by atoms with Crippen molar-refractivity contribution in [3.8, 4) is 0 Å². The molecule has 1 aromatic heterocycles. The topological polar surface area (TPSA) is 96.0 Å². The van der Waals surface area contributed by atoms with E-state index >= 15 is 0 Å². The van der Waals surface area contributed by atoms with Gasteiger partial charge in [0.2, 0.25) is 11.0 Å². The van der Waals surface area contributed by atoms with E-state index in [9.17, 15) is 9.59 Å². The first kappa shape index (κ1) is 23.8. The Hall–Kier alpha value is -2.82. The number of nitrogens with zero attached hydrogens (tertiary/aromatic N) is 2. The number of thiocarbonyl (C=S) groups is 1. The number of nitrogens with one attached hydrogen (secondary N) is 3. The van der Waals surface area contributed by atoms with E-state index in [1.54, 1.807) is 24.3 Å². The van der Waals surface area contributed by atoms with Gasteiger partial charge in [0.25, 0.3) is 0 Å². The molecule has 0 aliphatic carbocycles. The van der Waals surface area contributed by atoms with Crippen LogP contribution < -0.4 is 16.0 Å². The predicted molar refractivity (Wildman–Crippen MR) is 136 cm³/mol. The molecule has 7 nitrogen and oxygen atoms in total. The molecule has 166 valence electrons. The van der Waals surface area contributed by atoms with Gasteiger partial charge in [0.1, 0.15) is 5.01 Å². The lowest BCUT2D eigenvalue weighted by atomic mass is 10.1. The summed E-state index contributed by atoms with van der Waals surface area (Å²) in [6, 6.07) is 14.8. The van der Waals surface area contributed by atoms with Crippen molar-refractivity contribution in [2.75, 3.05) is 16.0 Å². The Morgan fingerprint density at radius 1 is 1.06 bits per heavy atom. The molecular weight excluding hydrogens is 462 g/mol. The SMILES string of the molecule is CCC(Sc1cccc(NC(=S)Nc2ccc(C(C)=O)cc2)c1)C(=O)Nc1nnc(C)s1. The summed E-state index contributed by atoms with van der Waals surface area (Å²) in [7, 11) is 0. The van der Waals surface area contributed by atoms with Gasteiger partial charge in [0.15, 0.2) is 10.9 Å². The number of carbonyl (C=O) groups is 2. The van der Waals surface area contributed by atoms with Gasteiger partial charge in [0.05, 0.1) is 5.25 Å². The van der Waals surface area contributed by atoms with Gasteiger partial charge in [-0.25, -0.2) is 0 Å². The van der Waals surface area contributed by atoms with E-state index in [-0.39, 0.29) is 16.9 Å². The fraction of sp³-hybridized carbons (Fsp3) is 0.227. The normalized spacial score (nSPS) is 11.5. The van der Waals surface area contributed by atoms with Crippen molar-refractivity contribution < 1.29 is 9.59 Å². The van der Waals surface area contributed by atoms with E-state index < -0.39 is 0 Å². The summed E-state index contributed by atoms with van der Waals surface area (Å²) in [5, 5.41) is 18.5. The highest BCUT2D eigenvalue weighted by atomic mass is 32.2. The number of hydrogen-bond acceptors (Lipinski definition) is 7. The average Bonchev–Trinajstić information content (AvgIpc) is 3.17. The summed E-state index contributed by atoms with van der Waals surface area (Å²) in [5.74, 6) is -0.0812. The fourth-order valence-corrected chi connectivity index (χ4v) is 4.59. The Morgan fingerprint density at radius 3 is 2.41 bits per heavy atom. The molecule has 3 N–H and O–H groups in total. The predicted octanol–water partition coefficient (Wildman–Crippen LogP) is 5.37. The minimum Gasteiger partial charge on any atom is -0.332 e. The monoisotopic (exact) mass is 485 g/mol. The number of amides is 1. The lowest BCUT2D eigenvalue weighted by molar-refractivity contribution is -0.115. The molecule has 0 aliphatic rings. The molecular formula is C22H23N5O2S3. The molecule has 0 saturated heterocycles. The van der Waals surface area contributed by atoms with Gasteiger partial charge in [-0.05, 0) is 75.0 Å². The zero-order valence-electron chi connectivity index (χ0n) is 17.8. The van der Waals surface area contributed by atoms with Crippen molar-refractivity contribution in [1.29, 1.82) is 0 Å². The van der Waals surface area contributed by atoms with Crippen LogP contribution in [0.5, 0.6) is 0 Å². The molecule has 3 rings (SSSR count). The van der Waals surface area contributed by atoms with Crippen molar-refractivity contribution in [2.45, 2.75) is 37.3 Å². The van der Waals surface area contributed by atoms with Gasteiger partial charge in [-0.2, -0.15) is 0 Å². The molecule has 0 fully saturated rings. The second kappa shape index (κ2) is 11.2. The molecule has 32 heavy (non-hydrogen) atoms. The number of anilines is 3. The number of hydrogen-bond donors (Lipinski definition) is 3. The van der Waals surface area contributed by atoms with Gasteiger partial charge < -0.3 is 10.6 Å². The lowest BCUT2D eigenvalue weighted by Gasteiger charge is -2.15. The van der Waals surface area contributed by atoms with Crippen molar-refractivity contribution in [2.24, 2.45) is 0 Å². The van der Waals surface area contributed by atoms with Crippen LogP contribution in [0.15, 0.2) is 53.4 Å². The Kier molecular flexibility index (Phi) is 8.32. The Balaban J connectivity index is 1.59. The number of thioether (sulfide) groups is 1. The molecule has 0 spiro atoms. The van der Waals surface area contributed by atoms with E-state index in [4.69, 9.17) is 12.2 Å². The quantitative estimate of drug-likeness (QED) is 0.223. The van der Waals surface area contributed by atoms with Crippen LogP contribution in [-0.2, 0) is 4.79 Å². The van der Waals surface area contributed by atoms with Crippen molar-refractivity contribution >= 4 is 68.6 Å². The fourth-order valence-electron chi connectivity index (χ4n) is 2.75. The maximum Gasteiger partial charge on any atom is 0.239 e. The largest absolute Gasteiger partial charge is 0.332 e. The number of aromatic nitrogens is 2. The van der Waals surface area contributed by atoms with Gasteiger partial charge in [-0.1, -0.05) is 24.3 Å². The molecule has 1 unspecified atom stereocenters. The highest BCUT2D eigenvalue weighted by Crippen LogP contribution is 2.29. The highest BCUT2D eigenvalue weighted by molar-refractivity contribution is 8.00. The van der Waals surface area contributed by atoms with E-state index in [1.165, 1.54) is 30.0 Å². The Bertz CT molecular complexity index is 1110. The van der Waals surface area contributed by atoms with Crippen LogP contribution in [0.1, 0.15) is 35.6 Å². The molecule has 3 aromatic rings. The summed E-state index contributed by atoms with van der Waals surface area (Å²) in [4.78, 5) is 25.0. The van der Waals surface area contributed by atoms with Crippen molar-refractivity contribution in [3.05, 3.63) is 59.1 Å². The van der Waals surface area contributed by atoms with Crippen LogP contribution >= 0.6 is 35.3 Å². The summed E-state index contributed by atoms with van der Waals surface area (Å²) >= 11 is 8.23. The number of ketones is 1. The first-order chi connectivity index (χ1) is 15.3. The minimum atomic E-state index is -0.265. The molecule has 0 radical (unpaired) electrons. The number of aryl methyl sites for hydroxylation is 1. The van der Waals surface area contributed by atoms with E-state index in [0.717, 1.165) is 21.3 Å². The number of carbonyl (C=O) groups excluding carboxylic acids is 2. The first-order valence-electron chi connectivity index (χ1n) is 9.90. The van der Waals surface area contributed by atoms with Crippen LogP contribution in [0.3, 0.4) is 0 Å². The third kappa shape index (κ3) is 6.84. The van der Waals surface area contributed by atoms with Crippen LogP contribution in [0.4, 0.5) is 16.5 Å². The van der Waals surface area contributed by atoms with E-state index in [0.29, 0.717) is 22.2 Å². The molecule has 1 heterocycles. The Morgan fingerprint density at radius 2 is 1.78 bits per heavy atom. The molecule has 1 amide bonds. The van der Waals surface area contributed by atoms with E-state index in [1.807, 2.05) is 38.1 Å². The van der Waals surface area contributed by atoms with Gasteiger partial charge >= 0.3 is 0 Å². The molecule has 1 atom stereocenters. The second-order valence-electron chi connectivity index (χ2n) is 6.87. The van der Waals surface area contributed by atoms with Gasteiger partial charge in [0, 0.05) is 21.8 Å². The number of rotatable bonds is 8. The zero-order valence-corrected chi connectivity index (χ0v) is 20.3. The van der Waals surface area contributed by atoms with Gasteiger partial charge in [-0.15, -0.1) is 22.0 Å². The van der Waals surface area contributed by atoms with Crippen LogP contribution in [0.2, 0.25) is 0 Å². The first-order valence-corrected chi connectivity index (χ1v) is 12.0. The maximum atomic E-state index is 12.6. The molecule has 0 bridgehead atoms. The lowest BCUT2D eigenvalue weighted by Crippen LogP contribution is -2.24. The third-order valence-electron chi connectivity index (χ3n) is 4.34. The van der Waals surface area contributed by atoms with Crippen molar-refractivity contribution in [1.82, 2.24) is 10.2 Å². The van der Waals surface area contributed by atoms with Crippen LogP contribution in [-0.4, -0.2) is 32.3 Å². The zero-order chi connectivity index (χ0) is 23.1. The van der Waals surface area contributed by atoms with Crippen LogP contribution in [0, 0.1) is 6.92 Å². The van der Waals surface area contributed by atoms with E-state index in [2.05, 4.69) is 26.1 Å². The van der Waals surface area contributed by atoms with Crippen molar-refractivity contribution in [3.63, 3.8) is 0 Å². The Labute approximate surface area is 200 Å². The summed E-state index contributed by atoms with van der Waals surface area (Å²) in [5.41, 5.74) is 2.24. The van der Waals surface area contributed by atoms with Crippen LogP contribution in [0.25, 0.3) is 0 Å². The highest BCUT2D eigenvalue weighted by Gasteiger charge is 2.19. The summed E-state index contributed by atoms with van der Waals surface area (Å²) in [6.45, 7) is 5.35.